The molecule has 106 valence electrons. The number of fused-ring (bicyclic) bond motifs is 4. The first kappa shape index (κ1) is 14.4. The van der Waals surface area contributed by atoms with Crippen molar-refractivity contribution in [2.75, 3.05) is 13.1 Å². The van der Waals surface area contributed by atoms with Crippen molar-refractivity contribution in [3.63, 3.8) is 0 Å². The fourth-order valence-electron chi connectivity index (χ4n) is 2.74. The number of piperidine rings is 1. The van der Waals surface area contributed by atoms with Gasteiger partial charge in [-0.3, -0.25) is 4.79 Å². The number of nitrogens with zero attached hydrogens (tertiary/aromatic N) is 1. The highest BCUT2D eigenvalue weighted by atomic mass is 35.7. The van der Waals surface area contributed by atoms with Gasteiger partial charge in [0.1, 0.15) is 0 Å². The molecule has 2 bridgehead atoms. The lowest BCUT2D eigenvalue weighted by molar-refractivity contribution is -1.92. The van der Waals surface area contributed by atoms with Gasteiger partial charge >= 0.3 is 0 Å². The summed E-state index contributed by atoms with van der Waals surface area (Å²) in [5.74, 6) is 1.21. The van der Waals surface area contributed by atoms with E-state index in [0.717, 1.165) is 19.6 Å². The summed E-state index contributed by atoms with van der Waals surface area (Å²) in [4.78, 5) is 11.6. The normalized spacial score (nSPS) is 25.1. The van der Waals surface area contributed by atoms with Gasteiger partial charge in [-0.25, -0.2) is 0 Å². The van der Waals surface area contributed by atoms with E-state index in [-0.39, 0.29) is 5.56 Å². The third-order valence-electron chi connectivity index (χ3n) is 3.38. The Kier molecular flexibility index (Phi) is 4.24. The predicted octanol–water partition coefficient (Wildman–Crippen LogP) is -3.57. The van der Waals surface area contributed by atoms with Crippen LogP contribution in [0.3, 0.4) is 0 Å². The maximum absolute atomic E-state index is 11.6. The first-order valence-corrected chi connectivity index (χ1v) is 7.14. The summed E-state index contributed by atoms with van der Waals surface area (Å²) in [6.07, 6.45) is 1.25. The van der Waals surface area contributed by atoms with Gasteiger partial charge in [0.15, 0.2) is 0 Å². The summed E-state index contributed by atoms with van der Waals surface area (Å²) >= 11 is 0. The highest BCUT2D eigenvalue weighted by molar-refractivity contribution is 5.16. The van der Waals surface area contributed by atoms with Crippen LogP contribution < -0.4 is 24.9 Å². The maximum Gasteiger partial charge on any atom is 0.250 e. The van der Waals surface area contributed by atoms with Crippen LogP contribution in [-0.4, -0.2) is 22.3 Å². The van der Waals surface area contributed by atoms with Crippen LogP contribution in [0, 0.1) is 16.2 Å². The van der Waals surface area contributed by atoms with E-state index in [9.17, 15) is 4.79 Å². The molecule has 0 amide bonds. The first-order valence-electron chi connectivity index (χ1n) is 5.88. The van der Waals surface area contributed by atoms with Crippen molar-refractivity contribution < 1.29 is 28.9 Å². The minimum absolute atomic E-state index is 0.166. The molecule has 3 heterocycles. The van der Waals surface area contributed by atoms with E-state index in [1.165, 1.54) is 12.1 Å². The van der Waals surface area contributed by atoms with Crippen molar-refractivity contribution in [2.45, 2.75) is 18.9 Å². The molecular weight excluding hydrogens is 276 g/mol. The van der Waals surface area contributed by atoms with Gasteiger partial charge < -0.3 is 9.88 Å². The van der Waals surface area contributed by atoms with Crippen molar-refractivity contribution in [1.29, 1.82) is 0 Å². The lowest BCUT2D eigenvalue weighted by atomic mass is 9.84. The number of nitrogens with one attached hydrogen (secondary N) is 1. The van der Waals surface area contributed by atoms with Crippen LogP contribution >= 0.6 is 0 Å². The molecule has 2 aliphatic rings. The monoisotopic (exact) mass is 290 g/mol. The number of hydrogen-bond acceptors (Lipinski definition) is 6. The minimum Gasteiger partial charge on any atom is -0.316 e. The van der Waals surface area contributed by atoms with Gasteiger partial charge in [0.2, 0.25) is 0 Å². The molecule has 1 fully saturated rings. The van der Waals surface area contributed by atoms with Crippen LogP contribution in [0.15, 0.2) is 23.0 Å². The Morgan fingerprint density at radius 2 is 2.00 bits per heavy atom. The quantitative estimate of drug-likeness (QED) is 0.509. The number of pyridine rings is 1. The molecule has 2 aliphatic heterocycles. The molecule has 0 unspecified atom stereocenters. The Labute approximate surface area is 111 Å². The zero-order valence-corrected chi connectivity index (χ0v) is 10.9. The molecule has 3 rings (SSSR count). The Hall–Kier alpha value is -0.960. The second-order valence-corrected chi connectivity index (χ2v) is 5.54. The summed E-state index contributed by atoms with van der Waals surface area (Å²) < 4.78 is 34.7. The van der Waals surface area contributed by atoms with Gasteiger partial charge in [-0.1, -0.05) is 6.07 Å². The van der Waals surface area contributed by atoms with E-state index in [1.807, 2.05) is 10.6 Å². The van der Waals surface area contributed by atoms with Gasteiger partial charge in [0.05, 0.1) is 14.9 Å². The Morgan fingerprint density at radius 1 is 1.32 bits per heavy atom. The molecule has 1 saturated heterocycles. The predicted molar refractivity (Wildman–Crippen MR) is 56.6 cm³/mol. The number of hydrogen-bond donors (Lipinski definition) is 2. The summed E-state index contributed by atoms with van der Waals surface area (Å²) in [5, 5.41) is 3.43. The molecule has 0 saturated carbocycles. The highest BCUT2D eigenvalue weighted by Gasteiger charge is 2.30. The van der Waals surface area contributed by atoms with E-state index in [4.69, 9.17) is 18.6 Å². The van der Waals surface area contributed by atoms with Crippen molar-refractivity contribution in [2.24, 2.45) is 5.92 Å². The number of rotatable bonds is 0. The number of halogens is 1. The van der Waals surface area contributed by atoms with Crippen LogP contribution in [0.25, 0.3) is 0 Å². The van der Waals surface area contributed by atoms with Crippen molar-refractivity contribution in [1.82, 2.24) is 9.88 Å². The van der Waals surface area contributed by atoms with Crippen LogP contribution in [0.1, 0.15) is 18.0 Å². The average molecular weight is 291 g/mol. The van der Waals surface area contributed by atoms with Gasteiger partial charge in [0.25, 0.3) is 5.56 Å². The third-order valence-corrected chi connectivity index (χ3v) is 3.38. The molecule has 0 spiro atoms. The van der Waals surface area contributed by atoms with Crippen LogP contribution in [-0.2, 0) is 6.54 Å². The van der Waals surface area contributed by atoms with Crippen LogP contribution in [0.2, 0.25) is 0 Å². The summed E-state index contributed by atoms with van der Waals surface area (Å²) in [5.41, 5.74) is 1.39. The molecule has 19 heavy (non-hydrogen) atoms. The zero-order valence-electron chi connectivity index (χ0n) is 10.1. The largest absolute Gasteiger partial charge is 0.316 e. The second-order valence-electron chi connectivity index (χ2n) is 4.75. The molecule has 7 nitrogen and oxygen atoms in total. The molecule has 1 aromatic rings. The van der Waals surface area contributed by atoms with Gasteiger partial charge in [-0.2, -0.15) is 14.0 Å². The fourth-order valence-corrected chi connectivity index (χ4v) is 2.74. The maximum atomic E-state index is 11.6. The third kappa shape index (κ3) is 4.00. The SMILES string of the molecule is O=c1cccc2n1C[C@@H]1CNC[C@H]2C1.[O-][Cl+3]([O-])([O-])O. The second kappa shape index (κ2) is 5.58. The van der Waals surface area contributed by atoms with E-state index < -0.39 is 10.2 Å². The molecule has 2 atom stereocenters. The summed E-state index contributed by atoms with van der Waals surface area (Å²) in [6, 6.07) is 5.64. The van der Waals surface area contributed by atoms with E-state index in [2.05, 4.69) is 11.4 Å². The molecule has 2 N–H and O–H groups in total. The molecule has 0 radical (unpaired) electrons. The van der Waals surface area contributed by atoms with Crippen LogP contribution in [0.4, 0.5) is 0 Å². The molecular formula is C11H15ClN2O5. The van der Waals surface area contributed by atoms with Crippen molar-refractivity contribution in [3.05, 3.63) is 34.2 Å². The van der Waals surface area contributed by atoms with Gasteiger partial charge in [-0.15, -0.1) is 0 Å². The van der Waals surface area contributed by atoms with E-state index in [1.54, 1.807) is 6.07 Å². The smallest absolute Gasteiger partial charge is 0.250 e. The summed E-state index contributed by atoms with van der Waals surface area (Å²) in [7, 11) is -4.69. The van der Waals surface area contributed by atoms with E-state index in [0.29, 0.717) is 11.8 Å². The van der Waals surface area contributed by atoms with Gasteiger partial charge in [0, 0.05) is 30.8 Å². The molecule has 0 aromatic carbocycles. The zero-order chi connectivity index (χ0) is 14.0. The van der Waals surface area contributed by atoms with Crippen molar-refractivity contribution >= 4 is 0 Å². The minimum atomic E-state index is -4.69. The molecule has 0 aliphatic carbocycles. The average Bonchev–Trinajstić information content (AvgIpc) is 2.29. The Bertz CT molecular complexity index is 493. The first-order chi connectivity index (χ1) is 8.84. The van der Waals surface area contributed by atoms with Crippen LogP contribution in [0.5, 0.6) is 0 Å². The lowest BCUT2D eigenvalue weighted by Crippen LogP contribution is -2.58. The molecule has 1 aromatic heterocycles. The van der Waals surface area contributed by atoms with Crippen molar-refractivity contribution in [3.8, 4) is 0 Å². The van der Waals surface area contributed by atoms with Gasteiger partial charge in [-0.05, 0) is 24.9 Å². The summed E-state index contributed by atoms with van der Waals surface area (Å²) in [6.45, 7) is 3.00. The Morgan fingerprint density at radius 3 is 2.68 bits per heavy atom. The Balaban J connectivity index is 0.000000232. The van der Waals surface area contributed by atoms with E-state index >= 15 is 0 Å². The number of aromatic nitrogens is 1. The topological polar surface area (TPSA) is 123 Å². The standard InChI is InChI=1S/C11H14N2O.ClHO4/c14-11-3-1-2-10-9-4-8(5-12-6-9)7-13(10)11;2-1(3,4)5/h1-3,8-9,12H,4-7H2;(H,2,3,4,5)/t8-,9+;/m0./s1. The highest BCUT2D eigenvalue weighted by Crippen LogP contribution is 2.31. The lowest BCUT2D eigenvalue weighted by Gasteiger charge is -2.37. The molecule has 8 heteroatoms. The fraction of sp³-hybridized carbons (Fsp3) is 0.545.